The summed E-state index contributed by atoms with van der Waals surface area (Å²) in [5, 5.41) is 15.8. The number of rotatable bonds is 4. The highest BCUT2D eigenvalue weighted by atomic mass is 19.4. The van der Waals surface area contributed by atoms with Crippen molar-refractivity contribution in [3.8, 4) is 16.9 Å². The molecule has 1 heterocycles. The molecule has 5 nitrogen and oxygen atoms in total. The summed E-state index contributed by atoms with van der Waals surface area (Å²) < 4.78 is 71.9. The van der Waals surface area contributed by atoms with E-state index in [-0.39, 0.29) is 11.1 Å². The van der Waals surface area contributed by atoms with Gasteiger partial charge in [0, 0.05) is 5.90 Å². The third kappa shape index (κ3) is 4.45. The van der Waals surface area contributed by atoms with Gasteiger partial charge in [0.05, 0.1) is 12.6 Å². The van der Waals surface area contributed by atoms with E-state index in [2.05, 4.69) is 9.84 Å². The first-order valence-corrected chi connectivity index (χ1v) is 7.77. The molecule has 0 radical (unpaired) electrons. The molecule has 1 aromatic heterocycles. The summed E-state index contributed by atoms with van der Waals surface area (Å²) in [7, 11) is 1.70. The van der Waals surface area contributed by atoms with Crippen LogP contribution in [0.5, 0.6) is 5.75 Å². The van der Waals surface area contributed by atoms with E-state index in [0.29, 0.717) is 0 Å². The second kappa shape index (κ2) is 7.29. The molecule has 3 aromatic rings. The predicted molar refractivity (Wildman–Crippen MR) is 86.0 cm³/mol. The van der Waals surface area contributed by atoms with Gasteiger partial charge in [0.1, 0.15) is 23.6 Å². The zero-order valence-corrected chi connectivity index (χ0v) is 14.2. The molecule has 0 saturated heterocycles. The zero-order chi connectivity index (χ0) is 20.5. The Kier molecular flexibility index (Phi) is 5.04. The van der Waals surface area contributed by atoms with Crippen LogP contribution in [-0.4, -0.2) is 16.9 Å². The van der Waals surface area contributed by atoms with Crippen molar-refractivity contribution in [1.82, 2.24) is 4.68 Å². The van der Waals surface area contributed by atoms with Crippen LogP contribution >= 0.6 is 0 Å². The first-order valence-electron chi connectivity index (χ1n) is 7.77. The number of alkyl halides is 3. The Morgan fingerprint density at radius 2 is 1.71 bits per heavy atom. The van der Waals surface area contributed by atoms with Crippen molar-refractivity contribution in [3.05, 3.63) is 72.3 Å². The fourth-order valence-corrected chi connectivity index (χ4v) is 2.45. The number of benzene rings is 2. The minimum atomic E-state index is -4.87. The van der Waals surface area contributed by atoms with Gasteiger partial charge < -0.3 is 9.84 Å². The second-order valence-electron chi connectivity index (χ2n) is 5.75. The van der Waals surface area contributed by atoms with Gasteiger partial charge in [0.25, 0.3) is 6.33 Å². The highest BCUT2D eigenvalue weighted by molar-refractivity contribution is 5.91. The molecule has 0 bridgehead atoms. The molecule has 0 aliphatic rings. The summed E-state index contributed by atoms with van der Waals surface area (Å²) in [6, 6.07) is 5.65. The molecule has 0 unspecified atom stereocenters. The number of ether oxygens (including phenoxy) is 1. The van der Waals surface area contributed by atoms with Crippen molar-refractivity contribution in [3.63, 3.8) is 0 Å². The van der Waals surface area contributed by atoms with Crippen molar-refractivity contribution < 1.29 is 36.4 Å². The number of hydrogen-bond donors (Lipinski definition) is 0. The second-order valence-corrected chi connectivity index (χ2v) is 5.75. The van der Waals surface area contributed by atoms with Crippen LogP contribution < -0.4 is 14.4 Å². The highest BCUT2D eigenvalue weighted by Crippen LogP contribution is 2.30. The molecule has 0 amide bonds. The molecule has 0 spiro atoms. The molecule has 0 aliphatic heterocycles. The molecule has 0 saturated carbocycles. The Balaban J connectivity index is 1.91. The van der Waals surface area contributed by atoms with E-state index in [1.54, 1.807) is 17.8 Å². The van der Waals surface area contributed by atoms with E-state index in [4.69, 9.17) is 0 Å². The Bertz CT molecular complexity index is 1000. The highest BCUT2D eigenvalue weighted by Gasteiger charge is 2.31. The van der Waals surface area contributed by atoms with Gasteiger partial charge in [-0.05, 0) is 35.4 Å². The molecule has 2 aromatic carbocycles. The summed E-state index contributed by atoms with van der Waals surface area (Å²) in [4.78, 5) is 0. The number of hydrogen-bond acceptors (Lipinski definition) is 3. The van der Waals surface area contributed by atoms with Crippen LogP contribution in [0.15, 0.2) is 60.2 Å². The molecule has 0 atom stereocenters. The van der Waals surface area contributed by atoms with E-state index in [1.165, 1.54) is 17.2 Å². The topological polar surface area (TPSA) is 53.5 Å². The van der Waals surface area contributed by atoms with E-state index in [1.807, 2.05) is 0 Å². The van der Waals surface area contributed by atoms with Crippen molar-refractivity contribution in [2.75, 3.05) is 0 Å². The molecule has 0 aliphatic carbocycles. The number of aryl methyl sites for hydroxylation is 1. The van der Waals surface area contributed by atoms with Gasteiger partial charge in [-0.3, -0.25) is 0 Å². The van der Waals surface area contributed by atoms with Crippen LogP contribution in [0.1, 0.15) is 5.56 Å². The summed E-state index contributed by atoms with van der Waals surface area (Å²) in [6.45, 7) is 0. The van der Waals surface area contributed by atoms with Crippen LogP contribution in [0.2, 0.25) is 0 Å². The summed E-state index contributed by atoms with van der Waals surface area (Å²) >= 11 is 0. The lowest BCUT2D eigenvalue weighted by Gasteiger charge is -2.13. The van der Waals surface area contributed by atoms with E-state index in [0.717, 1.165) is 36.4 Å². The quantitative estimate of drug-likeness (QED) is 0.294. The SMILES string of the molecule is C[n+]1ccn(N=C([O-])c2cc(F)c(-c3ccc(OC(F)(F)F)cc3)c(F)c2)c1. The van der Waals surface area contributed by atoms with E-state index >= 15 is 0 Å². The maximum Gasteiger partial charge on any atom is 0.573 e. The lowest BCUT2D eigenvalue weighted by atomic mass is 10.0. The van der Waals surface area contributed by atoms with Crippen LogP contribution in [0.4, 0.5) is 22.0 Å². The van der Waals surface area contributed by atoms with Crippen molar-refractivity contribution in [2.24, 2.45) is 12.1 Å². The third-order valence-corrected chi connectivity index (χ3v) is 3.63. The van der Waals surface area contributed by atoms with Gasteiger partial charge >= 0.3 is 6.36 Å². The number of imidazole rings is 1. The van der Waals surface area contributed by atoms with Crippen molar-refractivity contribution in [2.45, 2.75) is 6.36 Å². The first-order chi connectivity index (χ1) is 13.1. The standard InChI is InChI=1S/C18H12F5N3O2/c1-25-6-7-26(10-25)24-17(27)12-8-14(19)16(15(20)9-12)11-2-4-13(5-3-11)28-18(21,22)23/h2-10H,1H3. The first kappa shape index (κ1) is 19.3. The molecule has 3 rings (SSSR count). The van der Waals surface area contributed by atoms with Crippen LogP contribution in [0.25, 0.3) is 11.1 Å². The number of aromatic nitrogens is 2. The Hall–Kier alpha value is -3.43. The minimum absolute atomic E-state index is 0.0158. The Labute approximate surface area is 155 Å². The minimum Gasteiger partial charge on any atom is -0.856 e. The van der Waals surface area contributed by atoms with Gasteiger partial charge in [0.15, 0.2) is 6.20 Å². The lowest BCUT2D eigenvalue weighted by Crippen LogP contribution is -2.24. The van der Waals surface area contributed by atoms with Crippen LogP contribution in [-0.2, 0) is 7.05 Å². The molecular weight excluding hydrogens is 385 g/mol. The largest absolute Gasteiger partial charge is 0.856 e. The average molecular weight is 397 g/mol. The predicted octanol–water partition coefficient (Wildman–Crippen LogP) is 2.73. The number of nitrogens with zero attached hydrogens (tertiary/aromatic N) is 3. The maximum atomic E-state index is 14.4. The van der Waals surface area contributed by atoms with Gasteiger partial charge in [-0.2, -0.15) is 0 Å². The molecule has 0 fully saturated rings. The van der Waals surface area contributed by atoms with Crippen molar-refractivity contribution >= 4 is 5.90 Å². The molecule has 146 valence electrons. The summed E-state index contributed by atoms with van der Waals surface area (Å²) in [6.07, 6.45) is -0.305. The van der Waals surface area contributed by atoms with Gasteiger partial charge in [0.2, 0.25) is 0 Å². The summed E-state index contributed by atoms with van der Waals surface area (Å²) in [5.74, 6) is -3.50. The molecular formula is C18H12F5N3O2. The lowest BCUT2D eigenvalue weighted by molar-refractivity contribution is -0.671. The molecule has 0 N–H and O–H groups in total. The smallest absolute Gasteiger partial charge is 0.573 e. The fraction of sp³-hybridized carbons (Fsp3) is 0.111. The average Bonchev–Trinajstić information content (AvgIpc) is 2.99. The third-order valence-electron chi connectivity index (χ3n) is 3.63. The normalized spacial score (nSPS) is 12.3. The Morgan fingerprint density at radius 1 is 1.11 bits per heavy atom. The monoisotopic (exact) mass is 397 g/mol. The molecule has 28 heavy (non-hydrogen) atoms. The fourth-order valence-electron chi connectivity index (χ4n) is 2.45. The summed E-state index contributed by atoms with van der Waals surface area (Å²) in [5.41, 5.74) is -0.813. The van der Waals surface area contributed by atoms with Crippen molar-refractivity contribution in [1.29, 1.82) is 0 Å². The zero-order valence-electron chi connectivity index (χ0n) is 14.2. The van der Waals surface area contributed by atoms with E-state index in [9.17, 15) is 27.1 Å². The van der Waals surface area contributed by atoms with Crippen LogP contribution in [0.3, 0.4) is 0 Å². The van der Waals surface area contributed by atoms with Crippen LogP contribution in [0, 0.1) is 11.6 Å². The molecule has 10 heteroatoms. The van der Waals surface area contributed by atoms with Gasteiger partial charge in [-0.1, -0.05) is 17.2 Å². The number of halogens is 5. The maximum absolute atomic E-state index is 14.4. The van der Waals surface area contributed by atoms with E-state index < -0.39 is 35.2 Å². The van der Waals surface area contributed by atoms with Gasteiger partial charge in [-0.15, -0.1) is 17.8 Å². The Morgan fingerprint density at radius 3 is 2.21 bits per heavy atom. The van der Waals surface area contributed by atoms with Gasteiger partial charge in [-0.25, -0.2) is 13.3 Å².